The van der Waals surface area contributed by atoms with E-state index >= 15 is 0 Å². The Kier molecular flexibility index (Phi) is 10.2. The number of alkyl halides is 3. The van der Waals surface area contributed by atoms with Gasteiger partial charge in [0.15, 0.2) is 5.58 Å². The molecule has 0 bridgehead atoms. The smallest absolute Gasteiger partial charge is 0.416 e. The van der Waals surface area contributed by atoms with E-state index in [4.69, 9.17) is 16.0 Å². The first-order chi connectivity index (χ1) is 21.5. The molecule has 45 heavy (non-hydrogen) atoms. The number of hydrogen-bond donors (Lipinski definition) is 2. The van der Waals surface area contributed by atoms with E-state index in [1.165, 1.54) is 0 Å². The van der Waals surface area contributed by atoms with E-state index in [-0.39, 0.29) is 16.8 Å². The van der Waals surface area contributed by atoms with Gasteiger partial charge in [0.2, 0.25) is 5.89 Å². The Balaban J connectivity index is 1.05. The predicted molar refractivity (Wildman–Crippen MR) is 169 cm³/mol. The Morgan fingerprint density at radius 3 is 2.44 bits per heavy atom. The van der Waals surface area contributed by atoms with Crippen LogP contribution in [0.3, 0.4) is 0 Å². The number of nitrogens with one attached hydrogen (secondary N) is 2. The molecule has 1 saturated carbocycles. The summed E-state index contributed by atoms with van der Waals surface area (Å²) in [6, 6.07) is 16.6. The molecule has 2 N–H and O–H groups in total. The van der Waals surface area contributed by atoms with Gasteiger partial charge in [-0.05, 0) is 104 Å². The van der Waals surface area contributed by atoms with Crippen LogP contribution in [0.4, 0.5) is 13.2 Å². The van der Waals surface area contributed by atoms with Crippen molar-refractivity contribution in [1.82, 2.24) is 15.6 Å². The molecule has 1 fully saturated rings. The van der Waals surface area contributed by atoms with Gasteiger partial charge in [0.25, 0.3) is 5.91 Å². The van der Waals surface area contributed by atoms with E-state index in [0.717, 1.165) is 61.9 Å². The van der Waals surface area contributed by atoms with Gasteiger partial charge in [0, 0.05) is 34.8 Å². The Morgan fingerprint density at radius 1 is 1.07 bits per heavy atom. The predicted octanol–water partition coefficient (Wildman–Crippen LogP) is 8.88. The van der Waals surface area contributed by atoms with Gasteiger partial charge in [-0.25, -0.2) is 4.98 Å². The largest absolute Gasteiger partial charge is 0.436 e. The van der Waals surface area contributed by atoms with Crippen LogP contribution in [0.1, 0.15) is 84.5 Å². The summed E-state index contributed by atoms with van der Waals surface area (Å²) in [4.78, 5) is 17.5. The van der Waals surface area contributed by atoms with Crippen molar-refractivity contribution in [2.45, 2.75) is 64.6 Å². The molecule has 0 radical (unpaired) electrons. The average Bonchev–Trinajstić information content (AvgIpc) is 3.45. The molecule has 1 aliphatic rings. The number of rotatable bonds is 10. The molecule has 6 nitrogen and oxygen atoms in total. The molecule has 0 spiro atoms. The number of amides is 1. The van der Waals surface area contributed by atoms with Crippen molar-refractivity contribution in [3.63, 3.8) is 0 Å². The Labute approximate surface area is 266 Å². The van der Waals surface area contributed by atoms with Gasteiger partial charge in [-0.3, -0.25) is 4.79 Å². The summed E-state index contributed by atoms with van der Waals surface area (Å²) in [6.45, 7) is 5.76. The number of benzene rings is 3. The van der Waals surface area contributed by atoms with Crippen molar-refractivity contribution in [1.29, 1.82) is 5.26 Å². The summed E-state index contributed by atoms with van der Waals surface area (Å²) < 4.78 is 45.2. The number of carbonyl (C=O) groups excluding carboxylic acids is 1. The van der Waals surface area contributed by atoms with Crippen molar-refractivity contribution < 1.29 is 22.4 Å². The molecule has 0 unspecified atom stereocenters. The van der Waals surface area contributed by atoms with Gasteiger partial charge in [-0.2, -0.15) is 18.4 Å². The zero-order chi connectivity index (χ0) is 32.1. The number of nitriles is 1. The van der Waals surface area contributed by atoms with E-state index in [1.807, 2.05) is 32.0 Å². The minimum absolute atomic E-state index is 0.0841. The van der Waals surface area contributed by atoms with Crippen LogP contribution in [-0.2, 0) is 12.7 Å². The highest BCUT2D eigenvalue weighted by Crippen LogP contribution is 2.34. The van der Waals surface area contributed by atoms with Crippen molar-refractivity contribution in [2.75, 3.05) is 13.1 Å². The minimum Gasteiger partial charge on any atom is -0.436 e. The summed E-state index contributed by atoms with van der Waals surface area (Å²) in [5.74, 6) is 1.46. The highest BCUT2D eigenvalue weighted by molar-refractivity contribution is 6.30. The monoisotopic (exact) mass is 636 g/mol. The van der Waals surface area contributed by atoms with Crippen LogP contribution in [0, 0.1) is 23.2 Å². The fourth-order valence-corrected chi connectivity index (χ4v) is 6.22. The lowest BCUT2D eigenvalue weighted by molar-refractivity contribution is -0.137. The summed E-state index contributed by atoms with van der Waals surface area (Å²) in [7, 11) is 0. The fraction of sp³-hybridized carbons (Fsp3) is 0.400. The number of halogens is 4. The van der Waals surface area contributed by atoms with E-state index in [1.54, 1.807) is 24.3 Å². The van der Waals surface area contributed by atoms with Crippen LogP contribution in [0.25, 0.3) is 22.6 Å². The van der Waals surface area contributed by atoms with Crippen LogP contribution in [0.5, 0.6) is 0 Å². The third-order valence-corrected chi connectivity index (χ3v) is 8.74. The van der Waals surface area contributed by atoms with Gasteiger partial charge in [-0.1, -0.05) is 38.3 Å². The maximum Gasteiger partial charge on any atom is 0.416 e. The Bertz CT molecular complexity index is 1680. The maximum atomic E-state index is 13.0. The van der Waals surface area contributed by atoms with Crippen LogP contribution in [-0.4, -0.2) is 24.0 Å². The second-order valence-corrected chi connectivity index (χ2v) is 12.6. The lowest BCUT2D eigenvalue weighted by Crippen LogP contribution is -2.31. The summed E-state index contributed by atoms with van der Waals surface area (Å²) in [5, 5.41) is 15.8. The molecule has 5 rings (SSSR count). The quantitative estimate of drug-likeness (QED) is 0.170. The second-order valence-electron chi connectivity index (χ2n) is 12.2. The molecule has 1 heterocycles. The van der Waals surface area contributed by atoms with Gasteiger partial charge in [0.1, 0.15) is 5.52 Å². The molecule has 0 atom stereocenters. The van der Waals surface area contributed by atoms with Crippen LogP contribution in [0.2, 0.25) is 5.02 Å². The first-order valence-corrected chi connectivity index (χ1v) is 15.7. The van der Waals surface area contributed by atoms with Gasteiger partial charge in [0.05, 0.1) is 17.2 Å². The summed E-state index contributed by atoms with van der Waals surface area (Å²) >= 11 is 5.88. The molecule has 1 aliphatic carbocycles. The summed E-state index contributed by atoms with van der Waals surface area (Å²) in [6.07, 6.45) is 0.709. The lowest BCUT2D eigenvalue weighted by Gasteiger charge is -2.28. The molecule has 4 aromatic rings. The lowest BCUT2D eigenvalue weighted by atomic mass is 9.80. The molecule has 1 aromatic heterocycles. The number of carbonyl (C=O) groups is 1. The van der Waals surface area contributed by atoms with E-state index < -0.39 is 11.7 Å². The topological polar surface area (TPSA) is 91.0 Å². The summed E-state index contributed by atoms with van der Waals surface area (Å²) in [5.41, 5.74) is 3.89. The molecule has 3 aromatic carbocycles. The standard InChI is InChI=1S/C35H36ClF3N4O2/c1-21(2)30-15-24(18-40)16-31-32(30)45-34(43-31)27-9-7-26(8-10-27)33(44)42-20-23-5-3-22(4-6-23)11-12-41-19-25-13-28(35(37,38)39)17-29(36)14-25/h7-10,13-17,21-23,41H,3-6,11-12,19-20H2,1-2H3,(H,42,44)/t22-,23-. The van der Waals surface area contributed by atoms with Crippen LogP contribution < -0.4 is 10.6 Å². The molecule has 236 valence electrons. The van der Waals surface area contributed by atoms with Gasteiger partial charge >= 0.3 is 6.18 Å². The fourth-order valence-electron chi connectivity index (χ4n) is 5.96. The third-order valence-electron chi connectivity index (χ3n) is 8.52. The molecule has 0 aliphatic heterocycles. The van der Waals surface area contributed by atoms with Crippen molar-refractivity contribution in [3.05, 3.63) is 87.4 Å². The van der Waals surface area contributed by atoms with Gasteiger partial charge < -0.3 is 15.1 Å². The number of aromatic nitrogens is 1. The number of hydrogen-bond acceptors (Lipinski definition) is 5. The first-order valence-electron chi connectivity index (χ1n) is 15.3. The normalized spacial score (nSPS) is 17.0. The van der Waals surface area contributed by atoms with Gasteiger partial charge in [-0.15, -0.1) is 0 Å². The van der Waals surface area contributed by atoms with Crippen LogP contribution >= 0.6 is 11.6 Å². The van der Waals surface area contributed by atoms with Crippen LogP contribution in [0.15, 0.2) is 59.0 Å². The van der Waals surface area contributed by atoms with E-state index in [2.05, 4.69) is 21.7 Å². The van der Waals surface area contributed by atoms with Crippen molar-refractivity contribution in [2.24, 2.45) is 11.8 Å². The molecular formula is C35H36ClF3N4O2. The van der Waals surface area contributed by atoms with Crippen molar-refractivity contribution in [3.8, 4) is 17.5 Å². The highest BCUT2D eigenvalue weighted by Gasteiger charge is 2.31. The zero-order valence-electron chi connectivity index (χ0n) is 25.3. The average molecular weight is 637 g/mol. The highest BCUT2D eigenvalue weighted by atomic mass is 35.5. The SMILES string of the molecule is CC(C)c1cc(C#N)cc2nc(-c3ccc(C(=O)NC[C@H]4CC[C@H](CCNCc5cc(Cl)cc(C(F)(F)F)c5)CC4)cc3)oc12. The van der Waals surface area contributed by atoms with Crippen molar-refractivity contribution >= 4 is 28.6 Å². The molecule has 0 saturated heterocycles. The Morgan fingerprint density at radius 2 is 1.78 bits per heavy atom. The van der Waals surface area contributed by atoms with E-state index in [0.29, 0.717) is 58.6 Å². The Hall–Kier alpha value is -3.87. The first kappa shape index (κ1) is 32.5. The number of oxazole rings is 1. The molecule has 1 amide bonds. The minimum atomic E-state index is -4.42. The zero-order valence-corrected chi connectivity index (χ0v) is 26.1. The molecular weight excluding hydrogens is 601 g/mol. The maximum absolute atomic E-state index is 13.0. The second kappa shape index (κ2) is 14.1. The number of fused-ring (bicyclic) bond motifs is 1. The molecule has 10 heteroatoms. The third kappa shape index (κ3) is 8.24. The number of nitrogens with zero attached hydrogens (tertiary/aromatic N) is 2. The van der Waals surface area contributed by atoms with E-state index in [9.17, 15) is 23.2 Å².